The van der Waals surface area contributed by atoms with Crippen LogP contribution in [0.2, 0.25) is 0 Å². The predicted molar refractivity (Wildman–Crippen MR) is 233 cm³/mol. The largest absolute Gasteiger partial charge is 0.756 e. The fourth-order valence-corrected chi connectivity index (χ4v) is 7.70. The number of quaternary nitrogens is 1. The molecule has 0 heterocycles. The fourth-order valence-electron chi connectivity index (χ4n) is 6.98. The number of carbonyl (C=O) groups excluding carboxylic acids is 1. The highest BCUT2D eigenvalue weighted by Crippen LogP contribution is 2.38. The van der Waals surface area contributed by atoms with Crippen LogP contribution in [0.1, 0.15) is 226 Å². The van der Waals surface area contributed by atoms with E-state index in [-0.39, 0.29) is 19.1 Å². The van der Waals surface area contributed by atoms with Crippen molar-refractivity contribution < 1.29 is 32.9 Å². The molecule has 0 bridgehead atoms. The number of phosphoric acid groups is 1. The zero-order valence-corrected chi connectivity index (χ0v) is 38.0. The Kier molecular flexibility index (Phi) is 38.2. The number of hydrogen-bond donors (Lipinski definition) is 2. The molecule has 0 spiro atoms. The Morgan fingerprint density at radius 3 is 1.42 bits per heavy atom. The number of nitrogens with zero attached hydrogens (tertiary/aromatic N) is 1. The minimum Gasteiger partial charge on any atom is -0.756 e. The summed E-state index contributed by atoms with van der Waals surface area (Å²) in [7, 11) is 1.31. The molecular formula is C46H93N2O6P. The van der Waals surface area contributed by atoms with Crippen LogP contribution in [-0.2, 0) is 18.4 Å². The molecular weight excluding hydrogens is 707 g/mol. The summed E-state index contributed by atoms with van der Waals surface area (Å²) < 4.78 is 23.2. The molecule has 55 heavy (non-hydrogen) atoms. The van der Waals surface area contributed by atoms with Crippen molar-refractivity contribution >= 4 is 13.7 Å². The number of rotatable bonds is 43. The first-order chi connectivity index (χ1) is 26.5. The first-order valence-electron chi connectivity index (χ1n) is 23.5. The number of phosphoric ester groups is 1. The second-order valence-electron chi connectivity index (χ2n) is 17.5. The van der Waals surface area contributed by atoms with Gasteiger partial charge in [0.15, 0.2) is 0 Å². The molecule has 0 saturated carbocycles. The van der Waals surface area contributed by atoms with Crippen molar-refractivity contribution in [3.05, 3.63) is 12.2 Å². The minimum atomic E-state index is -4.56. The molecule has 0 radical (unpaired) electrons. The number of aliphatic hydroxyl groups is 1. The zero-order chi connectivity index (χ0) is 40.7. The lowest BCUT2D eigenvalue weighted by atomic mass is 10.0. The van der Waals surface area contributed by atoms with Crippen LogP contribution >= 0.6 is 7.82 Å². The third-order valence-electron chi connectivity index (χ3n) is 10.8. The Hall–Kier alpha value is -0.760. The standard InChI is InChI=1S/C46H93N2O6P/c1-6-8-10-12-14-16-18-19-20-21-22-23-24-25-26-27-28-30-32-34-36-38-40-46(50)47-44(43-54-55(51,52)53-42-41-48(3,4)5)45(49)39-37-35-33-31-29-17-15-13-11-9-7-2/h24-25,44-45,49H,6-23,26-43H2,1-5H3,(H-,47,50,51,52)/b25-24-. The van der Waals surface area contributed by atoms with E-state index in [9.17, 15) is 19.4 Å². The van der Waals surface area contributed by atoms with E-state index >= 15 is 0 Å². The number of hydrogen-bond acceptors (Lipinski definition) is 6. The maximum absolute atomic E-state index is 12.9. The summed E-state index contributed by atoms with van der Waals surface area (Å²) in [6.45, 7) is 4.72. The number of carbonyl (C=O) groups is 1. The molecule has 0 rings (SSSR count). The lowest BCUT2D eigenvalue weighted by Crippen LogP contribution is -2.46. The van der Waals surface area contributed by atoms with Crippen LogP contribution in [0.3, 0.4) is 0 Å². The minimum absolute atomic E-state index is 0.0130. The van der Waals surface area contributed by atoms with Crippen LogP contribution in [0.5, 0.6) is 0 Å². The second kappa shape index (κ2) is 38.7. The van der Waals surface area contributed by atoms with E-state index in [2.05, 4.69) is 31.3 Å². The normalized spacial score (nSPS) is 14.4. The average molecular weight is 801 g/mol. The molecule has 8 nitrogen and oxygen atoms in total. The van der Waals surface area contributed by atoms with Crippen LogP contribution in [0, 0.1) is 0 Å². The number of unbranched alkanes of at least 4 members (excludes halogenated alkanes) is 28. The molecule has 0 aliphatic carbocycles. The van der Waals surface area contributed by atoms with Gasteiger partial charge in [0, 0.05) is 6.42 Å². The molecule has 1 amide bonds. The molecule has 0 aliphatic rings. The molecule has 0 saturated heterocycles. The van der Waals surface area contributed by atoms with Gasteiger partial charge >= 0.3 is 0 Å². The summed E-state index contributed by atoms with van der Waals surface area (Å²) in [5, 5.41) is 13.9. The molecule has 0 fully saturated rings. The Balaban J connectivity index is 4.21. The van der Waals surface area contributed by atoms with Gasteiger partial charge in [0.1, 0.15) is 13.2 Å². The number of nitrogens with one attached hydrogen (secondary N) is 1. The van der Waals surface area contributed by atoms with E-state index in [0.717, 1.165) is 38.5 Å². The molecule has 0 aromatic rings. The van der Waals surface area contributed by atoms with Gasteiger partial charge in [-0.15, -0.1) is 0 Å². The lowest BCUT2D eigenvalue weighted by Gasteiger charge is -2.30. The van der Waals surface area contributed by atoms with E-state index in [0.29, 0.717) is 23.9 Å². The van der Waals surface area contributed by atoms with Crippen molar-refractivity contribution in [2.45, 2.75) is 238 Å². The van der Waals surface area contributed by atoms with Crippen molar-refractivity contribution in [3.8, 4) is 0 Å². The van der Waals surface area contributed by atoms with Crippen molar-refractivity contribution in [2.75, 3.05) is 40.9 Å². The third kappa shape index (κ3) is 41.2. The summed E-state index contributed by atoms with van der Waals surface area (Å²) in [6, 6.07) is -0.798. The number of amides is 1. The van der Waals surface area contributed by atoms with Crippen molar-refractivity contribution in [1.29, 1.82) is 0 Å². The van der Waals surface area contributed by atoms with Crippen LogP contribution in [0.4, 0.5) is 0 Å². The smallest absolute Gasteiger partial charge is 0.268 e. The highest BCUT2D eigenvalue weighted by molar-refractivity contribution is 7.45. The van der Waals surface area contributed by atoms with E-state index in [1.807, 2.05) is 21.1 Å². The number of allylic oxidation sites excluding steroid dienone is 2. The van der Waals surface area contributed by atoms with Crippen LogP contribution in [-0.4, -0.2) is 68.5 Å². The van der Waals surface area contributed by atoms with Gasteiger partial charge in [-0.2, -0.15) is 0 Å². The molecule has 0 aliphatic heterocycles. The van der Waals surface area contributed by atoms with Gasteiger partial charge in [-0.1, -0.05) is 193 Å². The first-order valence-corrected chi connectivity index (χ1v) is 25.0. The van der Waals surface area contributed by atoms with Crippen LogP contribution in [0.25, 0.3) is 0 Å². The zero-order valence-electron chi connectivity index (χ0n) is 37.1. The van der Waals surface area contributed by atoms with Crippen LogP contribution < -0.4 is 10.2 Å². The SMILES string of the molecule is CCCCCCCCCCCCC/C=C\CCCCCCCCCC(=O)NC(COP(=O)([O-])OCC[N+](C)(C)C)C(O)CCCCCCCCCCCCC. The van der Waals surface area contributed by atoms with E-state index in [1.165, 1.54) is 161 Å². The second-order valence-corrected chi connectivity index (χ2v) is 18.9. The van der Waals surface area contributed by atoms with Gasteiger partial charge in [0.25, 0.3) is 7.82 Å². The van der Waals surface area contributed by atoms with Crippen LogP contribution in [0.15, 0.2) is 12.2 Å². The summed E-state index contributed by atoms with van der Waals surface area (Å²) >= 11 is 0. The molecule has 2 N–H and O–H groups in total. The lowest BCUT2D eigenvalue weighted by molar-refractivity contribution is -0.870. The van der Waals surface area contributed by atoms with Gasteiger partial charge in [-0.3, -0.25) is 9.36 Å². The predicted octanol–water partition coefficient (Wildman–Crippen LogP) is 12.5. The monoisotopic (exact) mass is 801 g/mol. The van der Waals surface area contributed by atoms with Gasteiger partial charge in [-0.05, 0) is 38.5 Å². The van der Waals surface area contributed by atoms with Crippen molar-refractivity contribution in [3.63, 3.8) is 0 Å². The van der Waals surface area contributed by atoms with Gasteiger partial charge in [0.05, 0.1) is 39.9 Å². The maximum Gasteiger partial charge on any atom is 0.268 e. The van der Waals surface area contributed by atoms with Crippen molar-refractivity contribution in [1.82, 2.24) is 5.32 Å². The van der Waals surface area contributed by atoms with Gasteiger partial charge in [-0.25, -0.2) is 0 Å². The molecule has 0 aromatic carbocycles. The summed E-state index contributed by atoms with van der Waals surface area (Å²) in [6.07, 6.45) is 43.6. The van der Waals surface area contributed by atoms with E-state index < -0.39 is 20.0 Å². The Labute approximate surface area is 342 Å². The topological polar surface area (TPSA) is 108 Å². The molecule has 9 heteroatoms. The Morgan fingerprint density at radius 1 is 0.618 bits per heavy atom. The summed E-state index contributed by atoms with van der Waals surface area (Å²) in [4.78, 5) is 25.3. The highest BCUT2D eigenvalue weighted by atomic mass is 31.2. The number of likely N-dealkylation sites (N-methyl/N-ethyl adjacent to an activating group) is 1. The molecule has 3 atom stereocenters. The highest BCUT2D eigenvalue weighted by Gasteiger charge is 2.24. The van der Waals surface area contributed by atoms with E-state index in [1.54, 1.807) is 0 Å². The quantitative estimate of drug-likeness (QED) is 0.0275. The average Bonchev–Trinajstić information content (AvgIpc) is 3.13. The summed E-state index contributed by atoms with van der Waals surface area (Å²) in [5.74, 6) is -0.168. The molecule has 3 unspecified atom stereocenters. The van der Waals surface area contributed by atoms with Gasteiger partial charge in [0.2, 0.25) is 5.91 Å². The fraction of sp³-hybridized carbons (Fsp3) is 0.935. The summed E-state index contributed by atoms with van der Waals surface area (Å²) in [5.41, 5.74) is 0. The molecule has 0 aromatic heterocycles. The van der Waals surface area contributed by atoms with E-state index in [4.69, 9.17) is 9.05 Å². The first kappa shape index (κ1) is 54.2. The Bertz CT molecular complexity index is 911. The van der Waals surface area contributed by atoms with Gasteiger partial charge < -0.3 is 28.8 Å². The number of aliphatic hydroxyl groups excluding tert-OH is 1. The molecule has 328 valence electrons. The Morgan fingerprint density at radius 2 is 1.00 bits per heavy atom. The third-order valence-corrected chi connectivity index (χ3v) is 11.7. The van der Waals surface area contributed by atoms with Crippen molar-refractivity contribution in [2.24, 2.45) is 0 Å². The maximum atomic E-state index is 12.9.